The van der Waals surface area contributed by atoms with Gasteiger partial charge in [-0.2, -0.15) is 4.98 Å². The van der Waals surface area contributed by atoms with E-state index in [2.05, 4.69) is 32.2 Å². The number of thioether (sulfide) groups is 1. The van der Waals surface area contributed by atoms with Gasteiger partial charge in [0.15, 0.2) is 10.2 Å². The Balaban J connectivity index is 1.59. The smallest absolute Gasteiger partial charge is 0.257 e. The van der Waals surface area contributed by atoms with E-state index in [1.807, 2.05) is 24.3 Å². The Labute approximate surface area is 147 Å². The van der Waals surface area contributed by atoms with Crippen LogP contribution in [-0.4, -0.2) is 34.0 Å². The van der Waals surface area contributed by atoms with Crippen molar-refractivity contribution in [3.8, 4) is 17.2 Å². The maximum atomic E-state index is 5.30. The lowest BCUT2D eigenvalue weighted by atomic mass is 10.2. The number of hydrogen-bond donors (Lipinski definition) is 1. The quantitative estimate of drug-likeness (QED) is 0.482. The summed E-state index contributed by atoms with van der Waals surface area (Å²) in [5.74, 6) is 2.45. The Morgan fingerprint density at radius 2 is 2.17 bits per heavy atom. The molecule has 3 aromatic rings. The SMILES string of the molecule is C=CCNc1nnc(SCc2noc(-c3ccc(OC)cc3)n2)s1. The van der Waals surface area contributed by atoms with Crippen LogP contribution in [0.4, 0.5) is 5.13 Å². The maximum Gasteiger partial charge on any atom is 0.257 e. The first-order valence-corrected chi connectivity index (χ1v) is 8.87. The largest absolute Gasteiger partial charge is 0.497 e. The molecule has 0 aliphatic carbocycles. The highest BCUT2D eigenvalue weighted by Gasteiger charge is 2.11. The molecule has 124 valence electrons. The van der Waals surface area contributed by atoms with Crippen LogP contribution in [0.15, 0.2) is 45.8 Å². The molecule has 0 saturated heterocycles. The highest BCUT2D eigenvalue weighted by Crippen LogP contribution is 2.28. The third kappa shape index (κ3) is 4.12. The molecule has 0 saturated carbocycles. The molecule has 24 heavy (non-hydrogen) atoms. The molecule has 2 heterocycles. The van der Waals surface area contributed by atoms with Crippen molar-refractivity contribution in [2.24, 2.45) is 0 Å². The molecule has 0 bridgehead atoms. The Morgan fingerprint density at radius 3 is 2.92 bits per heavy atom. The van der Waals surface area contributed by atoms with Crippen molar-refractivity contribution in [2.75, 3.05) is 19.0 Å². The lowest BCUT2D eigenvalue weighted by Crippen LogP contribution is -1.96. The van der Waals surface area contributed by atoms with E-state index in [0.717, 1.165) is 20.8 Å². The van der Waals surface area contributed by atoms with E-state index in [1.165, 1.54) is 23.1 Å². The number of methoxy groups -OCH3 is 1. The molecule has 9 heteroatoms. The second-order valence-corrected chi connectivity index (χ2v) is 6.78. The summed E-state index contributed by atoms with van der Waals surface area (Å²) in [5.41, 5.74) is 0.853. The Morgan fingerprint density at radius 1 is 1.33 bits per heavy atom. The summed E-state index contributed by atoms with van der Waals surface area (Å²) in [6, 6.07) is 7.47. The van der Waals surface area contributed by atoms with Crippen LogP contribution in [0.5, 0.6) is 5.75 Å². The van der Waals surface area contributed by atoms with Crippen molar-refractivity contribution in [3.05, 3.63) is 42.7 Å². The highest BCUT2D eigenvalue weighted by atomic mass is 32.2. The topological polar surface area (TPSA) is 86.0 Å². The van der Waals surface area contributed by atoms with Gasteiger partial charge in [-0.05, 0) is 24.3 Å². The van der Waals surface area contributed by atoms with Gasteiger partial charge in [-0.15, -0.1) is 16.8 Å². The van der Waals surface area contributed by atoms with Gasteiger partial charge in [0.2, 0.25) is 5.13 Å². The van der Waals surface area contributed by atoms with Crippen molar-refractivity contribution in [2.45, 2.75) is 10.1 Å². The van der Waals surface area contributed by atoms with E-state index in [-0.39, 0.29) is 0 Å². The van der Waals surface area contributed by atoms with Gasteiger partial charge >= 0.3 is 0 Å². The summed E-state index contributed by atoms with van der Waals surface area (Å²) in [5, 5.41) is 16.0. The van der Waals surface area contributed by atoms with E-state index in [9.17, 15) is 0 Å². The van der Waals surface area contributed by atoms with Crippen molar-refractivity contribution in [1.29, 1.82) is 0 Å². The second kappa shape index (κ2) is 7.93. The first kappa shape index (κ1) is 16.5. The monoisotopic (exact) mass is 361 g/mol. The van der Waals surface area contributed by atoms with Gasteiger partial charge in [-0.3, -0.25) is 0 Å². The van der Waals surface area contributed by atoms with Crippen LogP contribution in [0, 0.1) is 0 Å². The zero-order valence-electron chi connectivity index (χ0n) is 12.9. The van der Waals surface area contributed by atoms with Crippen molar-refractivity contribution >= 4 is 28.2 Å². The average Bonchev–Trinajstić information content (AvgIpc) is 3.27. The summed E-state index contributed by atoms with van der Waals surface area (Å²) >= 11 is 3.00. The average molecular weight is 361 g/mol. The molecule has 3 rings (SSSR count). The fraction of sp³-hybridized carbons (Fsp3) is 0.200. The van der Waals surface area contributed by atoms with Crippen molar-refractivity contribution in [1.82, 2.24) is 20.3 Å². The first-order chi connectivity index (χ1) is 11.8. The summed E-state index contributed by atoms with van der Waals surface area (Å²) in [7, 11) is 1.63. The maximum absolute atomic E-state index is 5.30. The molecule has 0 atom stereocenters. The number of anilines is 1. The first-order valence-electron chi connectivity index (χ1n) is 7.06. The van der Waals surface area contributed by atoms with Gasteiger partial charge in [0.05, 0.1) is 12.9 Å². The minimum Gasteiger partial charge on any atom is -0.497 e. The molecule has 2 aromatic heterocycles. The van der Waals surface area contributed by atoms with E-state index in [0.29, 0.717) is 24.0 Å². The van der Waals surface area contributed by atoms with Gasteiger partial charge < -0.3 is 14.6 Å². The summed E-state index contributed by atoms with van der Waals surface area (Å²) < 4.78 is 11.3. The number of hydrogen-bond acceptors (Lipinski definition) is 9. The molecule has 1 aromatic carbocycles. The van der Waals surface area contributed by atoms with Crippen LogP contribution in [0.25, 0.3) is 11.5 Å². The number of benzene rings is 1. The molecule has 0 amide bonds. The molecule has 0 radical (unpaired) electrons. The minimum atomic E-state index is 0.485. The molecule has 1 N–H and O–H groups in total. The van der Waals surface area contributed by atoms with Gasteiger partial charge in [0, 0.05) is 12.1 Å². The van der Waals surface area contributed by atoms with E-state index < -0.39 is 0 Å². The molecular weight excluding hydrogens is 346 g/mol. The lowest BCUT2D eigenvalue weighted by Gasteiger charge is -1.98. The van der Waals surface area contributed by atoms with Crippen molar-refractivity contribution in [3.63, 3.8) is 0 Å². The Hall–Kier alpha value is -2.39. The zero-order valence-corrected chi connectivity index (χ0v) is 14.6. The van der Waals surface area contributed by atoms with E-state index >= 15 is 0 Å². The van der Waals surface area contributed by atoms with Gasteiger partial charge in [-0.25, -0.2) is 0 Å². The predicted octanol–water partition coefficient (Wildman–Crippen LogP) is 3.49. The van der Waals surface area contributed by atoms with Crippen molar-refractivity contribution < 1.29 is 9.26 Å². The normalized spacial score (nSPS) is 10.5. The fourth-order valence-corrected chi connectivity index (χ4v) is 3.39. The number of ether oxygens (including phenoxy) is 1. The molecule has 0 unspecified atom stereocenters. The van der Waals surface area contributed by atoms with Crippen LogP contribution in [0.2, 0.25) is 0 Å². The fourth-order valence-electron chi connectivity index (χ4n) is 1.79. The molecule has 0 spiro atoms. The molecular formula is C15H15N5O2S2. The van der Waals surface area contributed by atoms with Crippen LogP contribution in [-0.2, 0) is 5.75 Å². The third-order valence-electron chi connectivity index (χ3n) is 2.93. The second-order valence-electron chi connectivity index (χ2n) is 4.58. The highest BCUT2D eigenvalue weighted by molar-refractivity contribution is 8.00. The standard InChI is InChI=1S/C15H15N5O2S2/c1-3-8-16-14-18-19-15(24-14)23-9-12-17-13(22-20-12)10-4-6-11(21-2)7-5-10/h3-7H,1,8-9H2,2H3,(H,16,18). The molecule has 0 fully saturated rings. The zero-order chi connectivity index (χ0) is 16.8. The summed E-state index contributed by atoms with van der Waals surface area (Å²) in [6.07, 6.45) is 1.77. The van der Waals surface area contributed by atoms with Crippen LogP contribution in [0.3, 0.4) is 0 Å². The van der Waals surface area contributed by atoms with Crippen LogP contribution >= 0.6 is 23.1 Å². The summed E-state index contributed by atoms with van der Waals surface area (Å²) in [4.78, 5) is 4.40. The van der Waals surface area contributed by atoms with Gasteiger partial charge in [0.1, 0.15) is 5.75 Å². The van der Waals surface area contributed by atoms with Gasteiger partial charge in [-0.1, -0.05) is 34.3 Å². The number of aromatic nitrogens is 4. The predicted molar refractivity (Wildman–Crippen MR) is 94.4 cm³/mol. The molecule has 7 nitrogen and oxygen atoms in total. The number of nitrogens with zero attached hydrogens (tertiary/aromatic N) is 4. The minimum absolute atomic E-state index is 0.485. The molecule has 0 aliphatic rings. The summed E-state index contributed by atoms with van der Waals surface area (Å²) in [6.45, 7) is 4.31. The van der Waals surface area contributed by atoms with Crippen LogP contribution < -0.4 is 10.1 Å². The number of nitrogens with one attached hydrogen (secondary N) is 1. The number of rotatable bonds is 8. The van der Waals surface area contributed by atoms with Gasteiger partial charge in [0.25, 0.3) is 5.89 Å². The van der Waals surface area contributed by atoms with E-state index in [1.54, 1.807) is 13.2 Å². The third-order valence-corrected chi connectivity index (χ3v) is 4.94. The lowest BCUT2D eigenvalue weighted by molar-refractivity contribution is 0.414. The molecule has 0 aliphatic heterocycles. The van der Waals surface area contributed by atoms with E-state index in [4.69, 9.17) is 9.26 Å². The Kier molecular flexibility index (Phi) is 5.44. The Bertz CT molecular complexity index is 800. The van der Waals surface area contributed by atoms with Crippen LogP contribution in [0.1, 0.15) is 5.82 Å².